The fourth-order valence-electron chi connectivity index (χ4n) is 5.08. The summed E-state index contributed by atoms with van der Waals surface area (Å²) >= 11 is 6.36. The molecule has 2 aromatic carbocycles. The Balaban J connectivity index is 1.36. The smallest absolute Gasteiger partial charge is 0.387 e. The summed E-state index contributed by atoms with van der Waals surface area (Å²) in [6.07, 6.45) is 3.30. The zero-order valence-corrected chi connectivity index (χ0v) is 21.8. The number of hydrogen-bond acceptors (Lipinski definition) is 7. The number of carbonyl (C=O) groups excluding carboxylic acids is 1. The number of ether oxygens (including phenoxy) is 1. The van der Waals surface area contributed by atoms with Gasteiger partial charge in [0.25, 0.3) is 0 Å². The molecule has 1 fully saturated rings. The zero-order chi connectivity index (χ0) is 26.9. The maximum absolute atomic E-state index is 13.2. The van der Waals surface area contributed by atoms with Gasteiger partial charge in [-0.1, -0.05) is 29.8 Å². The molecule has 1 aromatic heterocycles. The Bertz CT molecular complexity index is 1350. The fourth-order valence-corrected chi connectivity index (χ4v) is 5.24. The van der Waals surface area contributed by atoms with Crippen molar-refractivity contribution in [3.05, 3.63) is 64.3 Å². The van der Waals surface area contributed by atoms with Gasteiger partial charge >= 0.3 is 6.61 Å². The van der Waals surface area contributed by atoms with Crippen molar-refractivity contribution in [2.45, 2.75) is 51.2 Å². The second-order valence-corrected chi connectivity index (χ2v) is 10.4. The number of nitrogens with zero attached hydrogens (tertiary/aromatic N) is 2. The number of aromatic nitrogens is 2. The van der Waals surface area contributed by atoms with Crippen LogP contribution in [0.4, 0.5) is 31.9 Å². The molecule has 2 aliphatic heterocycles. The Morgan fingerprint density at radius 1 is 1.21 bits per heavy atom. The fraction of sp³-hybridized carbons (Fsp3) is 0.370. The van der Waals surface area contributed by atoms with Gasteiger partial charge in [0.1, 0.15) is 10.8 Å². The van der Waals surface area contributed by atoms with Crippen molar-refractivity contribution >= 4 is 40.6 Å². The molecule has 0 spiro atoms. The van der Waals surface area contributed by atoms with Crippen molar-refractivity contribution in [3.8, 4) is 5.75 Å². The van der Waals surface area contributed by atoms with Crippen LogP contribution in [0.15, 0.2) is 42.6 Å². The molecular formula is C27H29ClF2N6O2. The lowest BCUT2D eigenvalue weighted by molar-refractivity contribution is -0.119. The predicted molar refractivity (Wildman–Crippen MR) is 144 cm³/mol. The molecule has 5 rings (SSSR count). The molecule has 0 bridgehead atoms. The number of carbonyl (C=O) groups is 1. The van der Waals surface area contributed by atoms with Crippen LogP contribution in [0.25, 0.3) is 0 Å². The van der Waals surface area contributed by atoms with E-state index in [1.54, 1.807) is 12.1 Å². The third-order valence-electron chi connectivity index (χ3n) is 7.06. The molecule has 200 valence electrons. The Hall–Kier alpha value is -3.50. The Labute approximate surface area is 224 Å². The van der Waals surface area contributed by atoms with Gasteiger partial charge < -0.3 is 26.0 Å². The molecular weight excluding hydrogens is 514 g/mol. The highest BCUT2D eigenvalue weighted by Gasteiger charge is 2.39. The van der Waals surface area contributed by atoms with Gasteiger partial charge in [-0.2, -0.15) is 13.8 Å². The number of anilines is 4. The minimum absolute atomic E-state index is 0.0309. The highest BCUT2D eigenvalue weighted by molar-refractivity contribution is 6.32. The van der Waals surface area contributed by atoms with Gasteiger partial charge in [-0.25, -0.2) is 4.98 Å². The minimum Gasteiger partial charge on any atom is -0.433 e. The molecule has 0 saturated carbocycles. The molecule has 4 N–H and O–H groups in total. The summed E-state index contributed by atoms with van der Waals surface area (Å²) in [6, 6.07) is 11.0. The molecule has 0 aliphatic carbocycles. The van der Waals surface area contributed by atoms with E-state index in [1.165, 1.54) is 6.20 Å². The van der Waals surface area contributed by atoms with Gasteiger partial charge in [-0.15, -0.1) is 0 Å². The molecule has 8 nitrogen and oxygen atoms in total. The summed E-state index contributed by atoms with van der Waals surface area (Å²) in [5.74, 6) is 0.784. The van der Waals surface area contributed by atoms with E-state index >= 15 is 0 Å². The topological polar surface area (TPSA) is 100 Å². The maximum Gasteiger partial charge on any atom is 0.387 e. The van der Waals surface area contributed by atoms with Gasteiger partial charge in [-0.05, 0) is 80.6 Å². The third kappa shape index (κ3) is 5.37. The first-order valence-corrected chi connectivity index (χ1v) is 12.9. The Kier molecular flexibility index (Phi) is 7.36. The highest BCUT2D eigenvalue weighted by atomic mass is 35.5. The van der Waals surface area contributed by atoms with Crippen molar-refractivity contribution in [2.24, 2.45) is 0 Å². The van der Waals surface area contributed by atoms with E-state index < -0.39 is 12.0 Å². The quantitative estimate of drug-likeness (QED) is 0.286. The first-order valence-electron chi connectivity index (χ1n) is 12.5. The summed E-state index contributed by atoms with van der Waals surface area (Å²) in [7, 11) is 0. The molecule has 1 saturated heterocycles. The van der Waals surface area contributed by atoms with Gasteiger partial charge in [-0.3, -0.25) is 4.79 Å². The Morgan fingerprint density at radius 3 is 2.76 bits per heavy atom. The Morgan fingerprint density at radius 2 is 2.00 bits per heavy atom. The number of nitrogens with one attached hydrogen (secondary N) is 4. The van der Waals surface area contributed by atoms with Crippen molar-refractivity contribution in [1.29, 1.82) is 0 Å². The van der Waals surface area contributed by atoms with E-state index in [4.69, 9.17) is 16.3 Å². The summed E-state index contributed by atoms with van der Waals surface area (Å²) in [4.78, 5) is 21.1. The number of amides is 1. The number of benzene rings is 2. The summed E-state index contributed by atoms with van der Waals surface area (Å²) in [5.41, 5.74) is 3.24. The van der Waals surface area contributed by atoms with Crippen LogP contribution >= 0.6 is 11.6 Å². The van der Waals surface area contributed by atoms with Crippen LogP contribution in [-0.4, -0.2) is 35.6 Å². The molecule has 11 heteroatoms. The largest absolute Gasteiger partial charge is 0.433 e. The monoisotopic (exact) mass is 542 g/mol. The van der Waals surface area contributed by atoms with E-state index in [2.05, 4.69) is 31.2 Å². The van der Waals surface area contributed by atoms with Crippen LogP contribution in [-0.2, 0) is 16.8 Å². The summed E-state index contributed by atoms with van der Waals surface area (Å²) in [5, 5.41) is 12.7. The summed E-state index contributed by atoms with van der Waals surface area (Å²) < 4.78 is 31.3. The normalized spacial score (nSPS) is 16.7. The number of halogens is 3. The molecule has 0 unspecified atom stereocenters. The molecule has 38 heavy (non-hydrogen) atoms. The third-order valence-corrected chi connectivity index (χ3v) is 7.34. The molecule has 0 radical (unpaired) electrons. The summed E-state index contributed by atoms with van der Waals surface area (Å²) in [6.45, 7) is 2.93. The van der Waals surface area contributed by atoms with Crippen molar-refractivity contribution < 1.29 is 18.3 Å². The molecule has 3 heterocycles. The van der Waals surface area contributed by atoms with E-state index in [9.17, 15) is 13.6 Å². The lowest BCUT2D eigenvalue weighted by Gasteiger charge is -2.24. The zero-order valence-electron chi connectivity index (χ0n) is 21.1. The van der Waals surface area contributed by atoms with Gasteiger partial charge in [0.2, 0.25) is 11.9 Å². The average Bonchev–Trinajstić information content (AvgIpc) is 3.13. The first-order chi connectivity index (χ1) is 18.2. The van der Waals surface area contributed by atoms with Crippen molar-refractivity contribution in [1.82, 2.24) is 15.3 Å². The lowest BCUT2D eigenvalue weighted by Crippen LogP contribution is -2.28. The maximum atomic E-state index is 13.2. The van der Waals surface area contributed by atoms with E-state index in [0.29, 0.717) is 23.1 Å². The minimum atomic E-state index is -2.97. The lowest BCUT2D eigenvalue weighted by atomic mass is 9.83. The number of rotatable bonds is 8. The average molecular weight is 543 g/mol. The second kappa shape index (κ2) is 10.7. The van der Waals surface area contributed by atoms with Crippen molar-refractivity contribution in [2.75, 3.05) is 29.0 Å². The van der Waals surface area contributed by atoms with Gasteiger partial charge in [0.15, 0.2) is 5.82 Å². The predicted octanol–water partition coefficient (Wildman–Crippen LogP) is 5.78. The molecule has 2 aliphatic rings. The van der Waals surface area contributed by atoms with E-state index in [1.807, 2.05) is 38.1 Å². The van der Waals surface area contributed by atoms with Crippen LogP contribution in [0.3, 0.4) is 0 Å². The molecule has 3 aromatic rings. The van der Waals surface area contributed by atoms with Gasteiger partial charge in [0.05, 0.1) is 17.3 Å². The van der Waals surface area contributed by atoms with Crippen molar-refractivity contribution in [3.63, 3.8) is 0 Å². The standard InChI is InChI=1S/C27H29ClF2N6O2/c1-27(2)22-17(4-3-5-20(22)34-24(27)37)13-32-23-18(28)14-33-26(36-23)35-19-7-6-16(12-21(19)38-25(29)30)15-8-10-31-11-9-15/h3-7,12,14-15,25,31H,8-11,13H2,1-2H3,(H,34,37)(H2,32,33,35,36). The second-order valence-electron chi connectivity index (χ2n) is 9.95. The first kappa shape index (κ1) is 26.1. The van der Waals surface area contributed by atoms with Crippen LogP contribution in [0.5, 0.6) is 5.75 Å². The van der Waals surface area contributed by atoms with Crippen LogP contribution in [0.2, 0.25) is 5.02 Å². The number of piperidine rings is 1. The number of alkyl halides is 2. The van der Waals surface area contributed by atoms with Crippen LogP contribution < -0.4 is 26.0 Å². The van der Waals surface area contributed by atoms with Gasteiger partial charge in [0, 0.05) is 12.2 Å². The van der Waals surface area contributed by atoms with E-state index in [0.717, 1.165) is 48.3 Å². The number of hydrogen-bond donors (Lipinski definition) is 4. The van der Waals surface area contributed by atoms with Crippen LogP contribution in [0.1, 0.15) is 49.3 Å². The van der Waals surface area contributed by atoms with Crippen LogP contribution in [0, 0.1) is 0 Å². The molecule has 1 amide bonds. The highest BCUT2D eigenvalue weighted by Crippen LogP contribution is 2.40. The number of fused-ring (bicyclic) bond motifs is 1. The van der Waals surface area contributed by atoms with E-state index in [-0.39, 0.29) is 23.5 Å². The molecule has 0 atom stereocenters. The SMILES string of the molecule is CC1(C)C(=O)Nc2cccc(CNc3nc(Nc4ccc(C5CCNCC5)cc4OC(F)F)ncc3Cl)c21.